The molecule has 11 nitrogen and oxygen atoms in total. The quantitative estimate of drug-likeness (QED) is 0.0783. The van der Waals surface area contributed by atoms with Gasteiger partial charge in [0.05, 0.1) is 17.5 Å². The lowest BCUT2D eigenvalue weighted by Crippen LogP contribution is -2.42. The maximum Gasteiger partial charge on any atom is 0.335 e. The Morgan fingerprint density at radius 1 is 0.754 bits per heavy atom. The molecule has 1 atom stereocenters. The summed E-state index contributed by atoms with van der Waals surface area (Å²) < 4.78 is 0. The molecule has 4 aromatic rings. The molecular formula is C44H53ClN4O7S. The molecular weight excluding hydrogens is 764 g/mol. The van der Waals surface area contributed by atoms with Crippen LogP contribution in [0.1, 0.15) is 105 Å². The smallest absolute Gasteiger partial charge is 0.335 e. The van der Waals surface area contributed by atoms with E-state index in [1.54, 1.807) is 30.1 Å². The van der Waals surface area contributed by atoms with Crippen molar-refractivity contribution in [3.05, 3.63) is 117 Å². The lowest BCUT2D eigenvalue weighted by Gasteiger charge is -2.33. The van der Waals surface area contributed by atoms with Crippen molar-refractivity contribution in [1.82, 2.24) is 9.80 Å². The normalized spacial score (nSPS) is 12.7. The number of nitrogens with zero attached hydrogens (tertiary/aromatic N) is 2. The van der Waals surface area contributed by atoms with Crippen molar-refractivity contribution < 1.29 is 34.2 Å². The van der Waals surface area contributed by atoms with Crippen LogP contribution in [-0.2, 0) is 41.8 Å². The predicted octanol–water partition coefficient (Wildman–Crippen LogP) is 8.21. The van der Waals surface area contributed by atoms with E-state index in [0.717, 1.165) is 65.7 Å². The minimum atomic E-state index is -0.996. The van der Waals surface area contributed by atoms with Crippen LogP contribution in [0.2, 0.25) is 0 Å². The van der Waals surface area contributed by atoms with Gasteiger partial charge >= 0.3 is 11.9 Å². The number of aliphatic carboxylic acids is 1. The molecule has 0 saturated carbocycles. The van der Waals surface area contributed by atoms with Gasteiger partial charge in [0.2, 0.25) is 5.91 Å². The number of rotatable bonds is 18. The molecule has 1 aliphatic carbocycles. The molecule has 3 aromatic carbocycles. The van der Waals surface area contributed by atoms with Crippen LogP contribution in [0.4, 0.5) is 10.7 Å². The summed E-state index contributed by atoms with van der Waals surface area (Å²) in [4.78, 5) is 67.3. The number of aryl methyl sites for hydroxylation is 3. The summed E-state index contributed by atoms with van der Waals surface area (Å²) in [7, 11) is 1.69. The lowest BCUT2D eigenvalue weighted by molar-refractivity contribution is -0.140. The van der Waals surface area contributed by atoms with E-state index in [-0.39, 0.29) is 54.6 Å². The van der Waals surface area contributed by atoms with Crippen LogP contribution in [0.5, 0.6) is 0 Å². The Hall–Kier alpha value is -5.04. The van der Waals surface area contributed by atoms with Crippen LogP contribution in [0, 0.1) is 5.92 Å². The Balaban J connectivity index is 0.00000720. The van der Waals surface area contributed by atoms with Crippen molar-refractivity contribution in [3.8, 4) is 0 Å². The van der Waals surface area contributed by atoms with E-state index in [4.69, 9.17) is 10.2 Å². The number of hydrogen-bond acceptors (Lipinski definition) is 7. The molecule has 1 aliphatic rings. The fraction of sp³-hybridized carbons (Fsp3) is 0.386. The maximum absolute atomic E-state index is 13.9. The highest BCUT2D eigenvalue weighted by Gasteiger charge is 2.27. The van der Waals surface area contributed by atoms with E-state index in [2.05, 4.69) is 36.3 Å². The predicted molar refractivity (Wildman–Crippen MR) is 227 cm³/mol. The molecule has 1 aromatic heterocycles. The molecule has 304 valence electrons. The molecule has 0 aliphatic heterocycles. The molecule has 5 rings (SSSR count). The third-order valence-corrected chi connectivity index (χ3v) is 11.8. The van der Waals surface area contributed by atoms with E-state index < -0.39 is 11.9 Å². The van der Waals surface area contributed by atoms with Gasteiger partial charge in [0.25, 0.3) is 11.8 Å². The number of benzene rings is 3. The van der Waals surface area contributed by atoms with E-state index in [9.17, 15) is 24.0 Å². The minimum Gasteiger partial charge on any atom is -0.481 e. The van der Waals surface area contributed by atoms with E-state index >= 15 is 0 Å². The zero-order chi connectivity index (χ0) is 40.4. The number of thiophene rings is 1. The molecule has 3 amide bonds. The van der Waals surface area contributed by atoms with Crippen LogP contribution < -0.4 is 10.6 Å². The Bertz CT molecular complexity index is 2030. The maximum atomic E-state index is 13.9. The first kappa shape index (κ1) is 44.7. The van der Waals surface area contributed by atoms with Gasteiger partial charge in [0.15, 0.2) is 0 Å². The SMILES string of the molecule is CC(C)[C@H](C)N(CCN(C)C(=O)CCC(=O)O)Cc1cccc(C(=O)Nc2sc3c(c2C(=O)Nc2ccc(CCc4ccc(C(=O)O)cc4)cc2)CCCC3)c1.Cl. The van der Waals surface area contributed by atoms with Gasteiger partial charge in [0.1, 0.15) is 5.00 Å². The summed E-state index contributed by atoms with van der Waals surface area (Å²) in [5.74, 6) is -2.38. The first-order chi connectivity index (χ1) is 26.8. The van der Waals surface area contributed by atoms with Crippen molar-refractivity contribution in [1.29, 1.82) is 0 Å². The fourth-order valence-electron chi connectivity index (χ4n) is 6.82. The van der Waals surface area contributed by atoms with Crippen molar-refractivity contribution in [2.45, 2.75) is 84.7 Å². The topological polar surface area (TPSA) is 156 Å². The monoisotopic (exact) mass is 816 g/mol. The number of amides is 3. The first-order valence-electron chi connectivity index (χ1n) is 19.3. The Morgan fingerprint density at radius 2 is 1.40 bits per heavy atom. The fourth-order valence-corrected chi connectivity index (χ4v) is 8.10. The summed E-state index contributed by atoms with van der Waals surface area (Å²) in [6, 6.07) is 22.2. The van der Waals surface area contributed by atoms with Crippen molar-refractivity contribution >= 4 is 64.1 Å². The van der Waals surface area contributed by atoms with Gasteiger partial charge in [-0.3, -0.25) is 24.1 Å². The highest BCUT2D eigenvalue weighted by Crippen LogP contribution is 2.39. The molecule has 4 N–H and O–H groups in total. The van der Waals surface area contributed by atoms with Gasteiger partial charge in [-0.15, -0.1) is 23.7 Å². The summed E-state index contributed by atoms with van der Waals surface area (Å²) in [5, 5.41) is 24.8. The minimum absolute atomic E-state index is 0. The van der Waals surface area contributed by atoms with Crippen LogP contribution in [0.15, 0.2) is 72.8 Å². The Labute approximate surface area is 344 Å². The number of nitrogens with one attached hydrogen (secondary N) is 2. The second kappa shape index (κ2) is 20.9. The molecule has 0 spiro atoms. The summed E-state index contributed by atoms with van der Waals surface area (Å²) in [6.07, 6.45) is 4.93. The van der Waals surface area contributed by atoms with Gasteiger partial charge in [0, 0.05) is 55.3 Å². The van der Waals surface area contributed by atoms with Gasteiger partial charge in [-0.05, 0) is 110 Å². The number of likely N-dealkylation sites (N-methyl/N-ethyl adjacent to an activating group) is 1. The number of anilines is 2. The van der Waals surface area contributed by atoms with Gasteiger partial charge in [-0.2, -0.15) is 0 Å². The number of carboxylic acid groups (broad SMARTS) is 2. The Morgan fingerprint density at radius 3 is 2.04 bits per heavy atom. The van der Waals surface area contributed by atoms with Gasteiger partial charge in [-0.1, -0.05) is 50.2 Å². The molecule has 0 saturated heterocycles. The second-order valence-electron chi connectivity index (χ2n) is 14.9. The van der Waals surface area contributed by atoms with Crippen molar-refractivity contribution in [3.63, 3.8) is 0 Å². The zero-order valence-corrected chi connectivity index (χ0v) is 34.6. The summed E-state index contributed by atoms with van der Waals surface area (Å²) >= 11 is 1.47. The molecule has 0 bridgehead atoms. The van der Waals surface area contributed by atoms with Crippen molar-refractivity contribution in [2.24, 2.45) is 5.92 Å². The molecule has 13 heteroatoms. The average molecular weight is 817 g/mol. The summed E-state index contributed by atoms with van der Waals surface area (Å²) in [5.41, 5.74) is 5.98. The van der Waals surface area contributed by atoms with E-state index in [1.807, 2.05) is 54.6 Å². The number of carbonyl (C=O) groups excluding carboxylic acids is 3. The standard InChI is InChI=1S/C44H52N4O7S.ClH/c1-28(2)29(3)48(25-24-47(4)38(49)22-23-39(50)51)27-32-8-7-9-34(26-32)41(52)46-43-40(36-10-5-6-11-37(36)56-43)42(53)45-35-20-16-31(17-21-35)13-12-30-14-18-33(19-15-30)44(54)55;/h7-9,14-21,26,28-29H,5-6,10-13,22-25,27H2,1-4H3,(H,45,53)(H,46,52)(H,50,51)(H,54,55);1H/t29-;/m0./s1. The highest BCUT2D eigenvalue weighted by atomic mass is 35.5. The second-order valence-corrected chi connectivity index (χ2v) is 16.0. The number of aromatic carboxylic acids is 1. The van der Waals surface area contributed by atoms with Crippen LogP contribution in [-0.4, -0.2) is 75.9 Å². The largest absolute Gasteiger partial charge is 0.481 e. The van der Waals surface area contributed by atoms with Crippen LogP contribution >= 0.6 is 23.7 Å². The number of halogens is 1. The number of fused-ring (bicyclic) bond motifs is 1. The molecule has 1 heterocycles. The average Bonchev–Trinajstić information content (AvgIpc) is 3.55. The third-order valence-electron chi connectivity index (χ3n) is 10.6. The molecule has 0 unspecified atom stereocenters. The lowest BCUT2D eigenvalue weighted by atomic mass is 9.95. The molecule has 0 radical (unpaired) electrons. The molecule has 57 heavy (non-hydrogen) atoms. The zero-order valence-electron chi connectivity index (χ0n) is 33.0. The number of hydrogen-bond donors (Lipinski definition) is 4. The summed E-state index contributed by atoms with van der Waals surface area (Å²) in [6.45, 7) is 8.00. The highest BCUT2D eigenvalue weighted by molar-refractivity contribution is 7.17. The Kier molecular flexibility index (Phi) is 16.4. The van der Waals surface area contributed by atoms with E-state index in [0.29, 0.717) is 47.4 Å². The third kappa shape index (κ3) is 12.5. The molecule has 0 fully saturated rings. The number of carboxylic acids is 2. The van der Waals surface area contributed by atoms with Crippen LogP contribution in [0.25, 0.3) is 0 Å². The van der Waals surface area contributed by atoms with Crippen molar-refractivity contribution in [2.75, 3.05) is 30.8 Å². The van der Waals surface area contributed by atoms with E-state index in [1.165, 1.54) is 11.3 Å². The van der Waals surface area contributed by atoms with Crippen LogP contribution in [0.3, 0.4) is 0 Å². The van der Waals surface area contributed by atoms with Gasteiger partial charge < -0.3 is 25.7 Å². The van der Waals surface area contributed by atoms with Gasteiger partial charge in [-0.25, -0.2) is 4.79 Å². The first-order valence-corrected chi connectivity index (χ1v) is 20.1. The number of carbonyl (C=O) groups is 5.